The van der Waals surface area contributed by atoms with Gasteiger partial charge in [-0.1, -0.05) is 6.07 Å². The smallest absolute Gasteiger partial charge is 0.387 e. The molecular weight excluding hydrogens is 266 g/mol. The minimum atomic E-state index is -2.87. The molecule has 0 aromatic heterocycles. The Kier molecular flexibility index (Phi) is 5.29. The van der Waals surface area contributed by atoms with Crippen LogP contribution in [0.5, 0.6) is 5.75 Å². The lowest BCUT2D eigenvalue weighted by molar-refractivity contribution is -0.117. The number of piperidine rings is 1. The van der Waals surface area contributed by atoms with Gasteiger partial charge in [0.05, 0.1) is 0 Å². The molecule has 1 fully saturated rings. The van der Waals surface area contributed by atoms with Crippen molar-refractivity contribution in [3.05, 3.63) is 24.3 Å². The Bertz CT molecular complexity index is 449. The van der Waals surface area contributed by atoms with Crippen LogP contribution < -0.4 is 15.4 Å². The molecule has 1 amide bonds. The van der Waals surface area contributed by atoms with Crippen LogP contribution in [0.4, 0.5) is 14.5 Å². The number of hydrogen-bond donors (Lipinski definition) is 2. The van der Waals surface area contributed by atoms with Crippen LogP contribution in [0, 0.1) is 5.92 Å². The summed E-state index contributed by atoms with van der Waals surface area (Å²) in [6.07, 6.45) is 2.55. The Labute approximate surface area is 116 Å². The zero-order chi connectivity index (χ0) is 14.4. The molecule has 4 nitrogen and oxygen atoms in total. The van der Waals surface area contributed by atoms with Crippen molar-refractivity contribution in [3.63, 3.8) is 0 Å². The van der Waals surface area contributed by atoms with Crippen LogP contribution in [0.15, 0.2) is 24.3 Å². The first-order valence-electron chi connectivity index (χ1n) is 6.69. The Morgan fingerprint density at radius 3 is 3.05 bits per heavy atom. The molecule has 0 bridgehead atoms. The number of nitrogens with one attached hydrogen (secondary N) is 2. The number of carbonyl (C=O) groups is 1. The lowest BCUT2D eigenvalue weighted by Gasteiger charge is -2.22. The Morgan fingerprint density at radius 1 is 1.50 bits per heavy atom. The zero-order valence-corrected chi connectivity index (χ0v) is 11.1. The maximum absolute atomic E-state index is 12.1. The topological polar surface area (TPSA) is 50.4 Å². The monoisotopic (exact) mass is 284 g/mol. The van der Waals surface area contributed by atoms with Gasteiger partial charge in [-0.3, -0.25) is 4.79 Å². The normalized spacial score (nSPS) is 18.9. The van der Waals surface area contributed by atoms with E-state index in [1.54, 1.807) is 12.1 Å². The molecule has 0 saturated carbocycles. The van der Waals surface area contributed by atoms with Gasteiger partial charge >= 0.3 is 6.61 Å². The summed E-state index contributed by atoms with van der Waals surface area (Å²) in [5, 5.41) is 5.96. The van der Waals surface area contributed by atoms with Gasteiger partial charge in [0.1, 0.15) is 5.75 Å². The van der Waals surface area contributed by atoms with Crippen molar-refractivity contribution in [2.24, 2.45) is 5.92 Å². The molecule has 0 aliphatic carbocycles. The van der Waals surface area contributed by atoms with Crippen LogP contribution in [0.25, 0.3) is 0 Å². The standard InChI is InChI=1S/C14H18F2N2O2/c15-14(16)20-12-5-1-4-11(8-12)18-13(19)7-10-3-2-6-17-9-10/h1,4-5,8,10,14,17H,2-3,6-7,9H2,(H,18,19). The third-order valence-electron chi connectivity index (χ3n) is 3.22. The number of hydrogen-bond acceptors (Lipinski definition) is 3. The summed E-state index contributed by atoms with van der Waals surface area (Å²) in [6.45, 7) is -1.01. The minimum absolute atomic E-state index is 0.0390. The Morgan fingerprint density at radius 2 is 2.35 bits per heavy atom. The fourth-order valence-electron chi connectivity index (χ4n) is 2.32. The number of benzene rings is 1. The lowest BCUT2D eigenvalue weighted by atomic mass is 9.96. The van der Waals surface area contributed by atoms with Crippen molar-refractivity contribution in [2.75, 3.05) is 18.4 Å². The van der Waals surface area contributed by atoms with E-state index in [1.807, 2.05) is 0 Å². The van der Waals surface area contributed by atoms with Gasteiger partial charge in [0.2, 0.25) is 5.91 Å². The van der Waals surface area contributed by atoms with Crippen LogP contribution in [-0.4, -0.2) is 25.6 Å². The van der Waals surface area contributed by atoms with E-state index in [9.17, 15) is 13.6 Å². The molecule has 2 N–H and O–H groups in total. The average Bonchev–Trinajstić information content (AvgIpc) is 2.39. The number of anilines is 1. The summed E-state index contributed by atoms with van der Waals surface area (Å²) < 4.78 is 28.5. The van der Waals surface area contributed by atoms with Gasteiger partial charge in [-0.05, 0) is 44.0 Å². The van der Waals surface area contributed by atoms with Gasteiger partial charge < -0.3 is 15.4 Å². The highest BCUT2D eigenvalue weighted by atomic mass is 19.3. The van der Waals surface area contributed by atoms with Crippen molar-refractivity contribution >= 4 is 11.6 Å². The number of rotatable bonds is 5. The highest BCUT2D eigenvalue weighted by Gasteiger charge is 2.16. The van der Waals surface area contributed by atoms with Crippen molar-refractivity contribution in [3.8, 4) is 5.75 Å². The van der Waals surface area contributed by atoms with Gasteiger partial charge in [0, 0.05) is 18.2 Å². The molecule has 1 aromatic carbocycles. The summed E-state index contributed by atoms with van der Waals surface area (Å²) in [5.74, 6) is 0.272. The van der Waals surface area contributed by atoms with Crippen LogP contribution in [0.2, 0.25) is 0 Å². The van der Waals surface area contributed by atoms with E-state index in [1.165, 1.54) is 12.1 Å². The molecular formula is C14H18F2N2O2. The zero-order valence-electron chi connectivity index (χ0n) is 11.1. The number of alkyl halides is 2. The van der Waals surface area contributed by atoms with Crippen LogP contribution >= 0.6 is 0 Å². The van der Waals surface area contributed by atoms with Crippen molar-refractivity contribution < 1.29 is 18.3 Å². The molecule has 2 rings (SSSR count). The molecule has 1 aromatic rings. The third-order valence-corrected chi connectivity index (χ3v) is 3.22. The Hall–Kier alpha value is -1.69. The van der Waals surface area contributed by atoms with Crippen LogP contribution in [-0.2, 0) is 4.79 Å². The highest BCUT2D eigenvalue weighted by Crippen LogP contribution is 2.20. The summed E-state index contributed by atoms with van der Waals surface area (Å²) in [6, 6.07) is 6.03. The van der Waals surface area contributed by atoms with Crippen LogP contribution in [0.1, 0.15) is 19.3 Å². The first kappa shape index (κ1) is 14.7. The van der Waals surface area contributed by atoms with E-state index in [4.69, 9.17) is 0 Å². The van der Waals surface area contributed by atoms with E-state index in [0.29, 0.717) is 18.0 Å². The van der Waals surface area contributed by atoms with Gasteiger partial charge in [-0.2, -0.15) is 8.78 Å². The summed E-state index contributed by atoms with van der Waals surface area (Å²) in [7, 11) is 0. The first-order chi connectivity index (χ1) is 9.63. The fraction of sp³-hybridized carbons (Fsp3) is 0.500. The predicted molar refractivity (Wildman–Crippen MR) is 71.9 cm³/mol. The van der Waals surface area contributed by atoms with E-state index in [0.717, 1.165) is 25.9 Å². The van der Waals surface area contributed by atoms with Gasteiger partial charge in [-0.15, -0.1) is 0 Å². The molecule has 0 spiro atoms. The molecule has 110 valence electrons. The molecule has 1 saturated heterocycles. The number of carbonyl (C=O) groups excluding carboxylic acids is 1. The van der Waals surface area contributed by atoms with E-state index in [2.05, 4.69) is 15.4 Å². The molecule has 20 heavy (non-hydrogen) atoms. The predicted octanol–water partition coefficient (Wildman–Crippen LogP) is 2.62. The third kappa shape index (κ3) is 4.77. The SMILES string of the molecule is O=C(CC1CCCNC1)Nc1cccc(OC(F)F)c1. The second-order valence-electron chi connectivity index (χ2n) is 4.87. The highest BCUT2D eigenvalue weighted by molar-refractivity contribution is 5.91. The van der Waals surface area contributed by atoms with E-state index in [-0.39, 0.29) is 11.7 Å². The van der Waals surface area contributed by atoms with Crippen LogP contribution in [0.3, 0.4) is 0 Å². The number of ether oxygens (including phenoxy) is 1. The largest absolute Gasteiger partial charge is 0.435 e. The van der Waals surface area contributed by atoms with Crippen molar-refractivity contribution in [2.45, 2.75) is 25.9 Å². The maximum atomic E-state index is 12.1. The minimum Gasteiger partial charge on any atom is -0.435 e. The van der Waals surface area contributed by atoms with Crippen molar-refractivity contribution in [1.29, 1.82) is 0 Å². The maximum Gasteiger partial charge on any atom is 0.387 e. The average molecular weight is 284 g/mol. The number of halogens is 2. The lowest BCUT2D eigenvalue weighted by Crippen LogP contribution is -2.32. The van der Waals surface area contributed by atoms with Gasteiger partial charge in [0.25, 0.3) is 0 Å². The first-order valence-corrected chi connectivity index (χ1v) is 6.69. The van der Waals surface area contributed by atoms with Gasteiger partial charge in [-0.25, -0.2) is 0 Å². The van der Waals surface area contributed by atoms with E-state index >= 15 is 0 Å². The quantitative estimate of drug-likeness (QED) is 0.874. The molecule has 6 heteroatoms. The van der Waals surface area contributed by atoms with E-state index < -0.39 is 6.61 Å². The van der Waals surface area contributed by atoms with Gasteiger partial charge in [0.15, 0.2) is 0 Å². The fourth-order valence-corrected chi connectivity index (χ4v) is 2.32. The summed E-state index contributed by atoms with van der Waals surface area (Å²) in [4.78, 5) is 11.9. The summed E-state index contributed by atoms with van der Waals surface area (Å²) >= 11 is 0. The molecule has 1 aliphatic heterocycles. The molecule has 1 unspecified atom stereocenters. The molecule has 1 heterocycles. The van der Waals surface area contributed by atoms with Crippen molar-refractivity contribution in [1.82, 2.24) is 5.32 Å². The summed E-state index contributed by atoms with van der Waals surface area (Å²) in [5.41, 5.74) is 0.469. The second-order valence-corrected chi connectivity index (χ2v) is 4.87. The second kappa shape index (κ2) is 7.19. The number of amides is 1. The molecule has 1 atom stereocenters. The molecule has 0 radical (unpaired) electrons. The molecule has 1 aliphatic rings. The Balaban J connectivity index is 1.86.